The average Bonchev–Trinajstić information content (AvgIpc) is 2.65. The predicted octanol–water partition coefficient (Wildman–Crippen LogP) is 2.29. The predicted molar refractivity (Wildman–Crippen MR) is 58.8 cm³/mol. The Bertz CT molecular complexity index is 340. The molecule has 1 fully saturated rings. The minimum atomic E-state index is -0.730. The van der Waals surface area contributed by atoms with Gasteiger partial charge in [-0.05, 0) is 19.4 Å². The van der Waals surface area contributed by atoms with Crippen molar-refractivity contribution in [2.75, 3.05) is 18.0 Å². The first-order valence-corrected chi connectivity index (χ1v) is 5.34. The summed E-state index contributed by atoms with van der Waals surface area (Å²) < 4.78 is 13.1. The lowest BCUT2D eigenvalue weighted by molar-refractivity contribution is 0.199. The Labute approximate surface area is 89.3 Å². The van der Waals surface area contributed by atoms with E-state index in [0.29, 0.717) is 13.0 Å². The highest BCUT2D eigenvalue weighted by Gasteiger charge is 2.24. The number of benzene rings is 1. The van der Waals surface area contributed by atoms with E-state index in [-0.39, 0.29) is 0 Å². The molecule has 0 unspecified atom stereocenters. The van der Waals surface area contributed by atoms with Crippen molar-refractivity contribution >= 4 is 5.69 Å². The third-order valence-electron chi connectivity index (χ3n) is 2.86. The van der Waals surface area contributed by atoms with E-state index < -0.39 is 12.3 Å². The third kappa shape index (κ3) is 2.12. The minimum Gasteiger partial charge on any atom is -0.389 e. The van der Waals surface area contributed by atoms with Gasteiger partial charge in [0.25, 0.3) is 0 Å². The zero-order chi connectivity index (χ0) is 10.8. The van der Waals surface area contributed by atoms with Crippen molar-refractivity contribution in [1.29, 1.82) is 0 Å². The molecule has 1 aromatic rings. The molecule has 0 amide bonds. The Morgan fingerprint density at radius 3 is 2.80 bits per heavy atom. The first-order valence-electron chi connectivity index (χ1n) is 5.34. The van der Waals surface area contributed by atoms with Gasteiger partial charge >= 0.3 is 0 Å². The molecule has 0 aromatic heterocycles. The van der Waals surface area contributed by atoms with Crippen LogP contribution in [0.15, 0.2) is 24.3 Å². The maximum atomic E-state index is 13.1. The zero-order valence-electron chi connectivity index (χ0n) is 8.86. The molecule has 2 atom stereocenters. The maximum Gasteiger partial charge on any atom is 0.119 e. The van der Waals surface area contributed by atoms with Crippen molar-refractivity contribution in [2.24, 2.45) is 0 Å². The van der Waals surface area contributed by atoms with E-state index in [2.05, 4.69) is 0 Å². The summed E-state index contributed by atoms with van der Waals surface area (Å²) in [7, 11) is 0. The highest BCUT2D eigenvalue weighted by atomic mass is 19.1. The Morgan fingerprint density at radius 1 is 1.47 bits per heavy atom. The number of aliphatic hydroxyl groups is 1. The lowest BCUT2D eigenvalue weighted by Gasteiger charge is -2.22. The van der Waals surface area contributed by atoms with Crippen molar-refractivity contribution in [1.82, 2.24) is 0 Å². The highest BCUT2D eigenvalue weighted by molar-refractivity contribution is 5.55. The molecule has 0 aliphatic carbocycles. The normalized spacial score (nSPS) is 23.1. The quantitative estimate of drug-likeness (QED) is 0.807. The van der Waals surface area contributed by atoms with Gasteiger partial charge in [0, 0.05) is 24.3 Å². The summed E-state index contributed by atoms with van der Waals surface area (Å²) >= 11 is 0. The van der Waals surface area contributed by atoms with Gasteiger partial charge < -0.3 is 10.0 Å². The molecule has 0 bridgehead atoms. The molecule has 1 N–H and O–H groups in total. The fourth-order valence-corrected chi connectivity index (χ4v) is 2.07. The summed E-state index contributed by atoms with van der Waals surface area (Å²) in [6.45, 7) is 2.93. The second kappa shape index (κ2) is 4.19. The van der Waals surface area contributed by atoms with Crippen molar-refractivity contribution in [3.63, 3.8) is 0 Å². The molecule has 0 spiro atoms. The van der Waals surface area contributed by atoms with Crippen LogP contribution >= 0.6 is 0 Å². The molecule has 15 heavy (non-hydrogen) atoms. The van der Waals surface area contributed by atoms with Gasteiger partial charge in [-0.3, -0.25) is 0 Å². The van der Waals surface area contributed by atoms with Crippen LogP contribution in [0.2, 0.25) is 0 Å². The lowest BCUT2D eigenvalue weighted by Crippen LogP contribution is -2.21. The molecular formula is C12H16FNO. The first-order chi connectivity index (χ1) is 7.18. The van der Waals surface area contributed by atoms with E-state index in [9.17, 15) is 9.50 Å². The van der Waals surface area contributed by atoms with Gasteiger partial charge in [0.2, 0.25) is 0 Å². The second-order valence-electron chi connectivity index (χ2n) is 4.07. The Hall–Kier alpha value is -1.09. The van der Waals surface area contributed by atoms with Gasteiger partial charge in [-0.1, -0.05) is 18.2 Å². The number of rotatable bonds is 2. The Balaban J connectivity index is 2.27. The summed E-state index contributed by atoms with van der Waals surface area (Å²) in [5.41, 5.74) is 1.85. The van der Waals surface area contributed by atoms with Gasteiger partial charge in [-0.2, -0.15) is 0 Å². The summed E-state index contributed by atoms with van der Waals surface area (Å²) in [5, 5.41) is 9.61. The van der Waals surface area contributed by atoms with Crippen LogP contribution in [0.25, 0.3) is 0 Å². The number of halogens is 1. The summed E-state index contributed by atoms with van der Waals surface area (Å²) in [4.78, 5) is 2.01. The molecule has 0 saturated carbocycles. The number of alkyl halides is 1. The van der Waals surface area contributed by atoms with E-state index >= 15 is 0 Å². The molecule has 1 aliphatic rings. The van der Waals surface area contributed by atoms with Crippen LogP contribution in [0.3, 0.4) is 0 Å². The van der Waals surface area contributed by atoms with Crippen LogP contribution in [-0.2, 0) is 0 Å². The fraction of sp³-hybridized carbons (Fsp3) is 0.500. The average molecular weight is 209 g/mol. The van der Waals surface area contributed by atoms with E-state index in [1.165, 1.54) is 0 Å². The summed E-state index contributed by atoms with van der Waals surface area (Å²) in [5.74, 6) is 0. The monoisotopic (exact) mass is 209 g/mol. The molecule has 82 valence electrons. The van der Waals surface area contributed by atoms with Gasteiger partial charge in [-0.25, -0.2) is 4.39 Å². The molecule has 1 aromatic carbocycles. The van der Waals surface area contributed by atoms with Crippen molar-refractivity contribution in [2.45, 2.75) is 25.6 Å². The number of hydrogen-bond donors (Lipinski definition) is 1. The Kier molecular flexibility index (Phi) is 2.91. The summed E-state index contributed by atoms with van der Waals surface area (Å²) in [6, 6.07) is 7.66. The van der Waals surface area contributed by atoms with E-state index in [0.717, 1.165) is 17.8 Å². The number of hydrogen-bond acceptors (Lipinski definition) is 2. The van der Waals surface area contributed by atoms with Gasteiger partial charge in [0.1, 0.15) is 6.17 Å². The van der Waals surface area contributed by atoms with Gasteiger partial charge in [0.15, 0.2) is 0 Å². The molecular weight excluding hydrogens is 193 g/mol. The van der Waals surface area contributed by atoms with Crippen LogP contribution < -0.4 is 4.90 Å². The van der Waals surface area contributed by atoms with Gasteiger partial charge in [0.05, 0.1) is 6.10 Å². The van der Waals surface area contributed by atoms with Crippen LogP contribution in [-0.4, -0.2) is 24.4 Å². The van der Waals surface area contributed by atoms with E-state index in [1.54, 1.807) is 6.92 Å². The van der Waals surface area contributed by atoms with Crippen molar-refractivity contribution in [3.8, 4) is 0 Å². The molecule has 1 heterocycles. The van der Waals surface area contributed by atoms with Crippen LogP contribution in [0.1, 0.15) is 25.0 Å². The SMILES string of the molecule is C[C@H](O)c1ccccc1N1CC[C@@H](F)C1. The largest absolute Gasteiger partial charge is 0.389 e. The standard InChI is InChI=1S/C12H16FNO/c1-9(15)11-4-2-3-5-12(11)14-7-6-10(13)8-14/h2-5,9-10,15H,6-8H2,1H3/t9-,10+/m0/s1. The first kappa shape index (κ1) is 10.4. The lowest BCUT2D eigenvalue weighted by atomic mass is 10.1. The Morgan fingerprint density at radius 2 is 2.20 bits per heavy atom. The number of aliphatic hydroxyl groups excluding tert-OH is 1. The van der Waals surface area contributed by atoms with Crippen LogP contribution in [0.5, 0.6) is 0 Å². The van der Waals surface area contributed by atoms with Crippen molar-refractivity contribution < 1.29 is 9.50 Å². The second-order valence-corrected chi connectivity index (χ2v) is 4.07. The summed E-state index contributed by atoms with van der Waals surface area (Å²) in [6.07, 6.45) is -0.638. The molecule has 2 rings (SSSR count). The number of anilines is 1. The van der Waals surface area contributed by atoms with Crippen LogP contribution in [0, 0.1) is 0 Å². The molecule has 1 aliphatic heterocycles. The van der Waals surface area contributed by atoms with E-state index in [1.807, 2.05) is 29.2 Å². The molecule has 3 heteroatoms. The van der Waals surface area contributed by atoms with Crippen molar-refractivity contribution in [3.05, 3.63) is 29.8 Å². The fourth-order valence-electron chi connectivity index (χ4n) is 2.07. The number of para-hydroxylation sites is 1. The third-order valence-corrected chi connectivity index (χ3v) is 2.86. The zero-order valence-corrected chi connectivity index (χ0v) is 8.86. The molecule has 2 nitrogen and oxygen atoms in total. The maximum absolute atomic E-state index is 13.1. The van der Waals surface area contributed by atoms with E-state index in [4.69, 9.17) is 0 Å². The van der Waals surface area contributed by atoms with Crippen LogP contribution in [0.4, 0.5) is 10.1 Å². The number of nitrogens with zero attached hydrogens (tertiary/aromatic N) is 1. The van der Waals surface area contributed by atoms with Gasteiger partial charge in [-0.15, -0.1) is 0 Å². The smallest absolute Gasteiger partial charge is 0.119 e. The highest BCUT2D eigenvalue weighted by Crippen LogP contribution is 2.29. The minimum absolute atomic E-state index is 0.448. The molecule has 0 radical (unpaired) electrons. The molecule has 1 saturated heterocycles. The topological polar surface area (TPSA) is 23.5 Å².